The average molecular weight is 341 g/mol. The predicted molar refractivity (Wildman–Crippen MR) is 101 cm³/mol. The molecule has 5 nitrogen and oxygen atoms in total. The SMILES string of the molecule is Cc1cccc([C@@H](C(=O)NCCCn2c(C)cccc2=O)N(C)C)c1. The van der Waals surface area contributed by atoms with Crippen LogP contribution in [-0.4, -0.2) is 36.0 Å². The zero-order valence-corrected chi connectivity index (χ0v) is 15.5. The van der Waals surface area contributed by atoms with Crippen molar-refractivity contribution in [2.24, 2.45) is 0 Å². The molecule has 0 unspecified atom stereocenters. The largest absolute Gasteiger partial charge is 0.354 e. The van der Waals surface area contributed by atoms with Crippen LogP contribution in [0, 0.1) is 13.8 Å². The summed E-state index contributed by atoms with van der Waals surface area (Å²) in [6, 6.07) is 12.9. The lowest BCUT2D eigenvalue weighted by Crippen LogP contribution is -2.38. The predicted octanol–water partition coefficient (Wildman–Crippen LogP) is 2.27. The molecule has 0 radical (unpaired) electrons. The van der Waals surface area contributed by atoms with Gasteiger partial charge in [-0.15, -0.1) is 0 Å². The van der Waals surface area contributed by atoms with E-state index in [1.165, 1.54) is 0 Å². The number of pyridine rings is 1. The van der Waals surface area contributed by atoms with Crippen LogP contribution < -0.4 is 10.9 Å². The van der Waals surface area contributed by atoms with Crippen LogP contribution in [0.25, 0.3) is 0 Å². The Morgan fingerprint density at radius 2 is 1.88 bits per heavy atom. The molecule has 1 aromatic carbocycles. The van der Waals surface area contributed by atoms with Crippen molar-refractivity contribution in [3.63, 3.8) is 0 Å². The zero-order valence-electron chi connectivity index (χ0n) is 15.5. The second-order valence-electron chi connectivity index (χ2n) is 6.58. The minimum absolute atomic E-state index is 0.00254. The Hall–Kier alpha value is -2.40. The molecular formula is C20H27N3O2. The van der Waals surface area contributed by atoms with Crippen molar-refractivity contribution < 1.29 is 4.79 Å². The summed E-state index contributed by atoms with van der Waals surface area (Å²) in [7, 11) is 3.80. The van der Waals surface area contributed by atoms with Gasteiger partial charge in [0.05, 0.1) is 0 Å². The van der Waals surface area contributed by atoms with Gasteiger partial charge in [0.25, 0.3) is 5.56 Å². The van der Waals surface area contributed by atoms with Gasteiger partial charge in [0.2, 0.25) is 5.91 Å². The quantitative estimate of drug-likeness (QED) is 0.786. The molecular weight excluding hydrogens is 314 g/mol. The highest BCUT2D eigenvalue weighted by atomic mass is 16.2. The van der Waals surface area contributed by atoms with Crippen molar-refractivity contribution in [2.45, 2.75) is 32.9 Å². The van der Waals surface area contributed by atoms with E-state index in [1.54, 1.807) is 16.7 Å². The van der Waals surface area contributed by atoms with Crippen LogP contribution in [-0.2, 0) is 11.3 Å². The van der Waals surface area contributed by atoms with Crippen LogP contribution in [0.15, 0.2) is 47.3 Å². The first-order valence-electron chi connectivity index (χ1n) is 8.57. The van der Waals surface area contributed by atoms with Crippen LogP contribution in [0.2, 0.25) is 0 Å². The van der Waals surface area contributed by atoms with Crippen molar-refractivity contribution in [2.75, 3.05) is 20.6 Å². The number of hydrogen-bond acceptors (Lipinski definition) is 3. The van der Waals surface area contributed by atoms with Gasteiger partial charge >= 0.3 is 0 Å². The minimum Gasteiger partial charge on any atom is -0.354 e. The Kier molecular flexibility index (Phi) is 6.53. The van der Waals surface area contributed by atoms with Gasteiger partial charge in [-0.3, -0.25) is 14.5 Å². The monoisotopic (exact) mass is 341 g/mol. The van der Waals surface area contributed by atoms with E-state index in [9.17, 15) is 9.59 Å². The molecule has 134 valence electrons. The average Bonchev–Trinajstić information content (AvgIpc) is 2.53. The van der Waals surface area contributed by atoms with Crippen LogP contribution >= 0.6 is 0 Å². The number of benzene rings is 1. The molecule has 0 spiro atoms. The maximum Gasteiger partial charge on any atom is 0.250 e. The van der Waals surface area contributed by atoms with E-state index < -0.39 is 0 Å². The van der Waals surface area contributed by atoms with Gasteiger partial charge in [-0.25, -0.2) is 0 Å². The Balaban J connectivity index is 1.95. The molecule has 2 aromatic rings. The highest BCUT2D eigenvalue weighted by molar-refractivity contribution is 5.83. The summed E-state index contributed by atoms with van der Waals surface area (Å²) in [6.07, 6.45) is 0.713. The topological polar surface area (TPSA) is 54.3 Å². The normalized spacial score (nSPS) is 12.2. The van der Waals surface area contributed by atoms with E-state index in [0.29, 0.717) is 19.5 Å². The molecule has 1 N–H and O–H groups in total. The molecule has 0 bridgehead atoms. The number of amides is 1. The van der Waals surface area contributed by atoms with Gasteiger partial charge in [0.1, 0.15) is 6.04 Å². The van der Waals surface area contributed by atoms with Gasteiger partial charge in [-0.1, -0.05) is 35.9 Å². The summed E-state index contributed by atoms with van der Waals surface area (Å²) >= 11 is 0. The van der Waals surface area contributed by atoms with Gasteiger partial charge in [-0.2, -0.15) is 0 Å². The molecule has 2 rings (SSSR count). The molecule has 5 heteroatoms. The van der Waals surface area contributed by atoms with E-state index in [-0.39, 0.29) is 17.5 Å². The molecule has 1 amide bonds. The molecule has 0 saturated heterocycles. The molecule has 25 heavy (non-hydrogen) atoms. The number of rotatable bonds is 7. The molecule has 0 saturated carbocycles. The van der Waals surface area contributed by atoms with E-state index in [2.05, 4.69) is 5.32 Å². The summed E-state index contributed by atoms with van der Waals surface area (Å²) < 4.78 is 1.73. The van der Waals surface area contributed by atoms with Gasteiger partial charge in [-0.05, 0) is 46.0 Å². The molecule has 1 aromatic heterocycles. The van der Waals surface area contributed by atoms with Crippen molar-refractivity contribution in [3.8, 4) is 0 Å². The number of aromatic nitrogens is 1. The highest BCUT2D eigenvalue weighted by Crippen LogP contribution is 2.19. The maximum atomic E-state index is 12.6. The molecule has 1 heterocycles. The fourth-order valence-electron chi connectivity index (χ4n) is 2.98. The van der Waals surface area contributed by atoms with Crippen molar-refractivity contribution in [1.82, 2.24) is 14.8 Å². The van der Waals surface area contributed by atoms with E-state index in [4.69, 9.17) is 0 Å². The summed E-state index contributed by atoms with van der Waals surface area (Å²) in [6.45, 7) is 5.08. The number of aryl methyl sites for hydroxylation is 2. The number of nitrogens with one attached hydrogen (secondary N) is 1. The Morgan fingerprint density at radius 1 is 1.16 bits per heavy atom. The molecule has 1 atom stereocenters. The molecule has 0 aliphatic heterocycles. The third kappa shape index (κ3) is 5.03. The summed E-state index contributed by atoms with van der Waals surface area (Å²) in [4.78, 5) is 26.4. The van der Waals surface area contributed by atoms with Crippen LogP contribution in [0.3, 0.4) is 0 Å². The van der Waals surface area contributed by atoms with E-state index in [1.807, 2.05) is 63.2 Å². The zero-order chi connectivity index (χ0) is 18.4. The highest BCUT2D eigenvalue weighted by Gasteiger charge is 2.22. The van der Waals surface area contributed by atoms with E-state index >= 15 is 0 Å². The Labute approximate surface area is 149 Å². The Bertz CT molecular complexity index is 781. The minimum atomic E-state index is -0.318. The lowest BCUT2D eigenvalue weighted by molar-refractivity contribution is -0.125. The second-order valence-corrected chi connectivity index (χ2v) is 6.58. The number of carbonyl (C=O) groups is 1. The third-order valence-electron chi connectivity index (χ3n) is 4.25. The second kappa shape index (κ2) is 8.62. The van der Waals surface area contributed by atoms with Gasteiger partial charge < -0.3 is 9.88 Å². The number of likely N-dealkylation sites (N-methyl/N-ethyl adjacent to an activating group) is 1. The van der Waals surface area contributed by atoms with E-state index in [0.717, 1.165) is 16.8 Å². The fourth-order valence-corrected chi connectivity index (χ4v) is 2.98. The van der Waals surface area contributed by atoms with Crippen LogP contribution in [0.4, 0.5) is 0 Å². The lowest BCUT2D eigenvalue weighted by atomic mass is 10.0. The number of nitrogens with zero attached hydrogens (tertiary/aromatic N) is 2. The lowest BCUT2D eigenvalue weighted by Gasteiger charge is -2.24. The molecule has 0 fully saturated rings. The number of hydrogen-bond donors (Lipinski definition) is 1. The maximum absolute atomic E-state index is 12.6. The molecule has 0 aliphatic rings. The smallest absolute Gasteiger partial charge is 0.250 e. The summed E-state index contributed by atoms with van der Waals surface area (Å²) in [5, 5.41) is 3.00. The van der Waals surface area contributed by atoms with Crippen molar-refractivity contribution in [1.29, 1.82) is 0 Å². The Morgan fingerprint density at radius 3 is 2.52 bits per heavy atom. The van der Waals surface area contributed by atoms with Gasteiger partial charge in [0.15, 0.2) is 0 Å². The first-order valence-corrected chi connectivity index (χ1v) is 8.57. The first kappa shape index (κ1) is 18.9. The van der Waals surface area contributed by atoms with Crippen LogP contribution in [0.5, 0.6) is 0 Å². The third-order valence-corrected chi connectivity index (χ3v) is 4.25. The van der Waals surface area contributed by atoms with Crippen LogP contribution in [0.1, 0.15) is 29.3 Å². The summed E-state index contributed by atoms with van der Waals surface area (Å²) in [5.74, 6) is -0.0206. The van der Waals surface area contributed by atoms with Gasteiger partial charge in [0, 0.05) is 24.8 Å². The fraction of sp³-hybridized carbons (Fsp3) is 0.400. The number of carbonyl (C=O) groups excluding carboxylic acids is 1. The summed E-state index contributed by atoms with van der Waals surface area (Å²) in [5.41, 5.74) is 3.05. The van der Waals surface area contributed by atoms with Crippen molar-refractivity contribution >= 4 is 5.91 Å². The van der Waals surface area contributed by atoms with Crippen molar-refractivity contribution in [3.05, 3.63) is 69.6 Å². The standard InChI is InChI=1S/C20H27N3O2/c1-15-8-5-10-17(14-15)19(22(3)4)20(25)21-12-7-13-23-16(2)9-6-11-18(23)24/h5-6,8-11,14,19H,7,12-13H2,1-4H3,(H,21,25)/t19-/m0/s1. The first-order chi connectivity index (χ1) is 11.9. The molecule has 0 aliphatic carbocycles.